The molecule has 1 fully saturated rings. The molecule has 0 aromatic heterocycles. The summed E-state index contributed by atoms with van der Waals surface area (Å²) in [6.07, 6.45) is 4.16. The van der Waals surface area contributed by atoms with Gasteiger partial charge in [0.05, 0.1) is 0 Å². The van der Waals surface area contributed by atoms with Crippen LogP contribution in [0.2, 0.25) is 0 Å². The fourth-order valence-electron chi connectivity index (χ4n) is 2.92. The van der Waals surface area contributed by atoms with E-state index in [1.165, 1.54) is 5.56 Å². The Hall–Kier alpha value is -2.47. The number of anilines is 2. The van der Waals surface area contributed by atoms with Crippen LogP contribution in [0.15, 0.2) is 48.5 Å². The Balaban J connectivity index is 1.62. The number of rotatable bonds is 5. The van der Waals surface area contributed by atoms with Crippen molar-refractivity contribution in [2.24, 2.45) is 0 Å². The molecule has 0 saturated carbocycles. The minimum absolute atomic E-state index is 0.0876. The maximum atomic E-state index is 12.4. The summed E-state index contributed by atoms with van der Waals surface area (Å²) in [5.41, 5.74) is 3.14. The molecule has 1 aliphatic rings. The number of urea groups is 1. The molecule has 0 bridgehead atoms. The van der Waals surface area contributed by atoms with Crippen LogP contribution < -0.4 is 10.6 Å². The molecule has 0 unspecified atom stereocenters. The van der Waals surface area contributed by atoms with E-state index in [2.05, 4.69) is 16.9 Å². The third-order valence-corrected chi connectivity index (χ3v) is 4.91. The molecule has 5 nitrogen and oxygen atoms in total. The summed E-state index contributed by atoms with van der Waals surface area (Å²) in [6, 6.07) is 14.7. The minimum atomic E-state index is -0.163. The third kappa shape index (κ3) is 4.79. The zero-order valence-corrected chi connectivity index (χ0v) is 15.6. The first-order valence-electron chi connectivity index (χ1n) is 8.71. The highest BCUT2D eigenvalue weighted by atomic mass is 32.2. The lowest BCUT2D eigenvalue weighted by atomic mass is 10.1. The van der Waals surface area contributed by atoms with Crippen LogP contribution in [0.4, 0.5) is 16.2 Å². The van der Waals surface area contributed by atoms with E-state index in [1.54, 1.807) is 22.7 Å². The van der Waals surface area contributed by atoms with Crippen molar-refractivity contribution in [3.63, 3.8) is 0 Å². The van der Waals surface area contributed by atoms with Crippen molar-refractivity contribution in [3.8, 4) is 0 Å². The molecule has 1 heterocycles. The summed E-state index contributed by atoms with van der Waals surface area (Å²) >= 11 is 1.75. The molecule has 1 aliphatic heterocycles. The number of thioether (sulfide) groups is 1. The van der Waals surface area contributed by atoms with Gasteiger partial charge in [-0.3, -0.25) is 4.79 Å². The number of benzene rings is 2. The second kappa shape index (κ2) is 8.76. The highest BCUT2D eigenvalue weighted by molar-refractivity contribution is 7.97. The Morgan fingerprint density at radius 3 is 2.31 bits per heavy atom. The fourth-order valence-corrected chi connectivity index (χ4v) is 3.45. The van der Waals surface area contributed by atoms with E-state index < -0.39 is 0 Å². The molecule has 0 spiro atoms. The van der Waals surface area contributed by atoms with Crippen LogP contribution in [-0.2, 0) is 5.75 Å². The normalized spacial score (nSPS) is 13.5. The lowest BCUT2D eigenvalue weighted by molar-refractivity contribution is 0.102. The van der Waals surface area contributed by atoms with E-state index >= 15 is 0 Å². The van der Waals surface area contributed by atoms with Gasteiger partial charge in [-0.05, 0) is 55.0 Å². The van der Waals surface area contributed by atoms with E-state index in [0.29, 0.717) is 16.9 Å². The Labute approximate surface area is 158 Å². The quantitative estimate of drug-likeness (QED) is 0.820. The highest BCUT2D eigenvalue weighted by Crippen LogP contribution is 2.18. The van der Waals surface area contributed by atoms with Crippen LogP contribution in [0.25, 0.3) is 0 Å². The number of nitrogens with zero attached hydrogens (tertiary/aromatic N) is 1. The van der Waals surface area contributed by atoms with E-state index in [-0.39, 0.29) is 11.9 Å². The van der Waals surface area contributed by atoms with Gasteiger partial charge < -0.3 is 15.5 Å². The summed E-state index contributed by atoms with van der Waals surface area (Å²) in [7, 11) is 0. The first kappa shape index (κ1) is 18.3. The van der Waals surface area contributed by atoms with Gasteiger partial charge in [-0.15, -0.1) is 0 Å². The molecule has 3 rings (SSSR count). The van der Waals surface area contributed by atoms with Gasteiger partial charge in [0.25, 0.3) is 5.91 Å². The predicted molar refractivity (Wildman–Crippen MR) is 108 cm³/mol. The molecule has 136 valence electrons. The van der Waals surface area contributed by atoms with Crippen LogP contribution >= 0.6 is 11.8 Å². The van der Waals surface area contributed by atoms with Gasteiger partial charge in [-0.2, -0.15) is 11.8 Å². The third-order valence-electron chi connectivity index (χ3n) is 4.29. The number of amides is 3. The number of hydrogen-bond acceptors (Lipinski definition) is 3. The number of nitrogens with one attached hydrogen (secondary N) is 2. The first-order chi connectivity index (χ1) is 12.7. The Morgan fingerprint density at radius 1 is 1.00 bits per heavy atom. The van der Waals surface area contributed by atoms with E-state index in [4.69, 9.17) is 0 Å². The molecule has 2 N–H and O–H groups in total. The molecule has 0 atom stereocenters. The van der Waals surface area contributed by atoms with Crippen molar-refractivity contribution in [3.05, 3.63) is 59.7 Å². The monoisotopic (exact) mass is 369 g/mol. The van der Waals surface area contributed by atoms with Crippen molar-refractivity contribution in [2.45, 2.75) is 18.6 Å². The highest BCUT2D eigenvalue weighted by Gasteiger charge is 2.17. The minimum Gasteiger partial charge on any atom is -0.325 e. The van der Waals surface area contributed by atoms with Gasteiger partial charge in [0.1, 0.15) is 0 Å². The largest absolute Gasteiger partial charge is 0.325 e. The molecule has 2 aromatic carbocycles. The maximum Gasteiger partial charge on any atom is 0.321 e. The van der Waals surface area contributed by atoms with Gasteiger partial charge in [-0.25, -0.2) is 4.79 Å². The van der Waals surface area contributed by atoms with E-state index in [9.17, 15) is 9.59 Å². The molecule has 1 saturated heterocycles. The molecule has 26 heavy (non-hydrogen) atoms. The molecule has 3 amide bonds. The van der Waals surface area contributed by atoms with Crippen LogP contribution in [0, 0.1) is 0 Å². The van der Waals surface area contributed by atoms with Gasteiger partial charge in [0.2, 0.25) is 0 Å². The van der Waals surface area contributed by atoms with Crippen molar-refractivity contribution >= 4 is 35.1 Å². The molecule has 0 aliphatic carbocycles. The van der Waals surface area contributed by atoms with Crippen LogP contribution in [-0.4, -0.2) is 36.2 Å². The van der Waals surface area contributed by atoms with Crippen molar-refractivity contribution in [1.82, 2.24) is 4.90 Å². The summed E-state index contributed by atoms with van der Waals surface area (Å²) < 4.78 is 0. The first-order valence-corrected chi connectivity index (χ1v) is 10.1. The van der Waals surface area contributed by atoms with Gasteiger partial charge >= 0.3 is 6.03 Å². The number of likely N-dealkylation sites (tertiary alicyclic amines) is 1. The second-order valence-electron chi connectivity index (χ2n) is 6.29. The fraction of sp³-hybridized carbons (Fsp3) is 0.300. The van der Waals surface area contributed by atoms with Crippen LogP contribution in [0.1, 0.15) is 28.8 Å². The second-order valence-corrected chi connectivity index (χ2v) is 7.16. The average Bonchev–Trinajstić information content (AvgIpc) is 3.18. The summed E-state index contributed by atoms with van der Waals surface area (Å²) in [5.74, 6) is 0.768. The molecule has 2 aromatic rings. The smallest absolute Gasteiger partial charge is 0.321 e. The van der Waals surface area contributed by atoms with Crippen LogP contribution in [0.3, 0.4) is 0 Å². The molecular formula is C20H23N3O2S. The van der Waals surface area contributed by atoms with Crippen molar-refractivity contribution < 1.29 is 9.59 Å². The zero-order chi connectivity index (χ0) is 18.4. The molecular weight excluding hydrogens is 346 g/mol. The standard InChI is InChI=1S/C20H23N3O2S/c1-26-14-15-7-9-16(10-8-15)19(24)21-17-5-4-6-18(13-17)22-20(25)23-11-2-3-12-23/h4-10,13H,2-3,11-12,14H2,1H3,(H,21,24)(H,22,25). The van der Waals surface area contributed by atoms with E-state index in [1.807, 2.05) is 42.5 Å². The van der Waals surface area contributed by atoms with Gasteiger partial charge in [-0.1, -0.05) is 18.2 Å². The Bertz CT molecular complexity index is 771. The average molecular weight is 369 g/mol. The topological polar surface area (TPSA) is 61.4 Å². The lowest BCUT2D eigenvalue weighted by Gasteiger charge is -2.16. The predicted octanol–water partition coefficient (Wildman–Crippen LogP) is 4.43. The summed E-state index contributed by atoms with van der Waals surface area (Å²) in [4.78, 5) is 26.4. The summed E-state index contributed by atoms with van der Waals surface area (Å²) in [5, 5.41) is 5.78. The lowest BCUT2D eigenvalue weighted by Crippen LogP contribution is -2.32. The van der Waals surface area contributed by atoms with Crippen molar-refractivity contribution in [2.75, 3.05) is 30.0 Å². The number of carbonyl (C=O) groups is 2. The summed E-state index contributed by atoms with van der Waals surface area (Å²) in [6.45, 7) is 1.60. The Morgan fingerprint density at radius 2 is 1.65 bits per heavy atom. The van der Waals surface area contributed by atoms with Gasteiger partial charge in [0, 0.05) is 35.8 Å². The van der Waals surface area contributed by atoms with Gasteiger partial charge in [0.15, 0.2) is 0 Å². The van der Waals surface area contributed by atoms with E-state index in [0.717, 1.165) is 31.7 Å². The zero-order valence-electron chi connectivity index (χ0n) is 14.8. The maximum absolute atomic E-state index is 12.4. The molecule has 0 radical (unpaired) electrons. The SMILES string of the molecule is CSCc1ccc(C(=O)Nc2cccc(NC(=O)N3CCCC3)c2)cc1. The van der Waals surface area contributed by atoms with Crippen molar-refractivity contribution in [1.29, 1.82) is 0 Å². The van der Waals surface area contributed by atoms with Crippen LogP contribution in [0.5, 0.6) is 0 Å². The number of hydrogen-bond donors (Lipinski definition) is 2. The molecule has 6 heteroatoms. The number of carbonyl (C=O) groups excluding carboxylic acids is 2. The Kier molecular flexibility index (Phi) is 6.17.